The summed E-state index contributed by atoms with van der Waals surface area (Å²) >= 11 is 0. The molecule has 0 atom stereocenters. The van der Waals surface area contributed by atoms with Gasteiger partial charge in [-0.2, -0.15) is 0 Å². The lowest BCUT2D eigenvalue weighted by Gasteiger charge is -2.04. The smallest absolute Gasteiger partial charge is 0.305 e. The lowest BCUT2D eigenvalue weighted by atomic mass is 10.2. The second kappa shape index (κ2) is 11.0. The van der Waals surface area contributed by atoms with E-state index in [0.717, 1.165) is 12.8 Å². The Kier molecular flexibility index (Phi) is 12.0. The van der Waals surface area contributed by atoms with Gasteiger partial charge in [-0.05, 0) is 20.3 Å². The molecule has 0 aliphatic carbocycles. The van der Waals surface area contributed by atoms with E-state index in [1.54, 1.807) is 6.92 Å². The van der Waals surface area contributed by atoms with Gasteiger partial charge in [-0.1, -0.05) is 20.3 Å². The van der Waals surface area contributed by atoms with Crippen LogP contribution in [0.3, 0.4) is 0 Å². The summed E-state index contributed by atoms with van der Waals surface area (Å²) in [7, 11) is 0. The number of ether oxygens (including phenoxy) is 1. The van der Waals surface area contributed by atoms with Crippen molar-refractivity contribution < 1.29 is 14.3 Å². The highest BCUT2D eigenvalue weighted by molar-refractivity contribution is 5.73. The van der Waals surface area contributed by atoms with Crippen LogP contribution in [0.5, 0.6) is 0 Å². The van der Waals surface area contributed by atoms with Gasteiger partial charge < -0.3 is 10.5 Å². The summed E-state index contributed by atoms with van der Waals surface area (Å²) in [5, 5.41) is 0. The molecule has 1 amide bonds. The molecule has 2 N–H and O–H groups in total. The predicted octanol–water partition coefficient (Wildman–Crippen LogP) is 2.01. The molecule has 0 heterocycles. The van der Waals surface area contributed by atoms with E-state index in [2.05, 4.69) is 0 Å². The van der Waals surface area contributed by atoms with Crippen molar-refractivity contribution in [1.29, 1.82) is 0 Å². The molecule has 0 aromatic heterocycles. The number of nitrogens with two attached hydrogens (primary N) is 1. The Labute approximate surface area is 92.2 Å². The Balaban J connectivity index is 0. The Bertz CT molecular complexity index is 179. The number of hydrogen-bond donors (Lipinski definition) is 1. The second-order valence-electron chi connectivity index (χ2n) is 3.46. The fourth-order valence-electron chi connectivity index (χ4n) is 0.697. The number of carbonyl (C=O) groups is 2. The average molecular weight is 217 g/mol. The molecule has 0 aliphatic rings. The quantitative estimate of drug-likeness (QED) is 0.716. The maximum absolute atomic E-state index is 10.4. The number of primary amides is 1. The van der Waals surface area contributed by atoms with Gasteiger partial charge in [-0.25, -0.2) is 0 Å². The van der Waals surface area contributed by atoms with E-state index in [1.807, 2.05) is 20.8 Å². The van der Waals surface area contributed by atoms with Gasteiger partial charge >= 0.3 is 5.97 Å². The van der Waals surface area contributed by atoms with Crippen molar-refractivity contribution in [1.82, 2.24) is 0 Å². The van der Waals surface area contributed by atoms with Gasteiger partial charge in [0.15, 0.2) is 0 Å². The summed E-state index contributed by atoms with van der Waals surface area (Å²) in [5.41, 5.74) is 4.84. The zero-order chi connectivity index (χ0) is 12.3. The molecule has 0 aliphatic heterocycles. The molecule has 0 spiro atoms. The summed E-state index contributed by atoms with van der Waals surface area (Å²) in [5.74, 6) is -0.318. The zero-order valence-electron chi connectivity index (χ0n) is 10.2. The third-order valence-corrected chi connectivity index (χ3v) is 1.43. The minimum Gasteiger partial charge on any atom is -0.463 e. The fraction of sp³-hybridized carbons (Fsp3) is 0.818. The first-order valence-corrected chi connectivity index (χ1v) is 5.41. The Morgan fingerprint density at radius 3 is 1.93 bits per heavy atom. The maximum Gasteiger partial charge on any atom is 0.305 e. The van der Waals surface area contributed by atoms with E-state index in [4.69, 9.17) is 10.5 Å². The first-order valence-electron chi connectivity index (χ1n) is 5.41. The van der Waals surface area contributed by atoms with Crippen molar-refractivity contribution in [2.75, 3.05) is 0 Å². The summed E-state index contributed by atoms with van der Waals surface area (Å²) in [6, 6.07) is 0. The molecule has 15 heavy (non-hydrogen) atoms. The number of hydrogen-bond acceptors (Lipinski definition) is 3. The zero-order valence-corrected chi connectivity index (χ0v) is 10.2. The SMILES string of the molecule is CCC(=O)OC(C)C.CCCCC(N)=O. The van der Waals surface area contributed by atoms with E-state index in [0.29, 0.717) is 12.8 Å². The van der Waals surface area contributed by atoms with Gasteiger partial charge in [-0.15, -0.1) is 0 Å². The molecule has 4 heteroatoms. The van der Waals surface area contributed by atoms with Crippen LogP contribution in [-0.4, -0.2) is 18.0 Å². The number of esters is 1. The van der Waals surface area contributed by atoms with Gasteiger partial charge in [0.2, 0.25) is 5.91 Å². The van der Waals surface area contributed by atoms with Crippen LogP contribution in [0.15, 0.2) is 0 Å². The van der Waals surface area contributed by atoms with Crippen LogP contribution < -0.4 is 5.73 Å². The predicted molar refractivity (Wildman–Crippen MR) is 60.2 cm³/mol. The number of amides is 1. The normalized spacial score (nSPS) is 9.13. The number of rotatable bonds is 5. The third kappa shape index (κ3) is 19.4. The van der Waals surface area contributed by atoms with Gasteiger partial charge in [0.05, 0.1) is 6.10 Å². The number of unbranched alkanes of at least 4 members (excludes halogenated alkanes) is 1. The van der Waals surface area contributed by atoms with Crippen LogP contribution in [-0.2, 0) is 14.3 Å². The van der Waals surface area contributed by atoms with Crippen LogP contribution in [0.4, 0.5) is 0 Å². The van der Waals surface area contributed by atoms with Crippen molar-refractivity contribution in [2.45, 2.75) is 59.5 Å². The van der Waals surface area contributed by atoms with Crippen LogP contribution in [0.1, 0.15) is 53.4 Å². The molecule has 0 saturated heterocycles. The first kappa shape index (κ1) is 16.4. The largest absolute Gasteiger partial charge is 0.463 e. The molecule has 0 fully saturated rings. The topological polar surface area (TPSA) is 69.4 Å². The van der Waals surface area contributed by atoms with Crippen LogP contribution in [0.25, 0.3) is 0 Å². The maximum atomic E-state index is 10.4. The molecule has 0 bridgehead atoms. The Morgan fingerprint density at radius 2 is 1.80 bits per heavy atom. The van der Waals surface area contributed by atoms with Crippen molar-refractivity contribution in [3.63, 3.8) is 0 Å². The van der Waals surface area contributed by atoms with Gasteiger partial charge in [0.25, 0.3) is 0 Å². The highest BCUT2D eigenvalue weighted by Crippen LogP contribution is 1.90. The minimum absolute atomic E-state index is 0.0300. The highest BCUT2D eigenvalue weighted by atomic mass is 16.5. The van der Waals surface area contributed by atoms with Crippen LogP contribution in [0, 0.1) is 0 Å². The van der Waals surface area contributed by atoms with Crippen LogP contribution in [0.2, 0.25) is 0 Å². The molecule has 0 unspecified atom stereocenters. The van der Waals surface area contributed by atoms with Gasteiger partial charge in [-0.3, -0.25) is 9.59 Å². The van der Waals surface area contributed by atoms with E-state index < -0.39 is 0 Å². The molecule has 0 radical (unpaired) electrons. The highest BCUT2D eigenvalue weighted by Gasteiger charge is 1.98. The molecule has 90 valence electrons. The third-order valence-electron chi connectivity index (χ3n) is 1.43. The summed E-state index contributed by atoms with van der Waals surface area (Å²) in [6.45, 7) is 7.49. The first-order chi connectivity index (χ1) is 6.93. The van der Waals surface area contributed by atoms with E-state index in [9.17, 15) is 9.59 Å². The molecule has 0 aromatic rings. The van der Waals surface area contributed by atoms with E-state index >= 15 is 0 Å². The van der Waals surface area contributed by atoms with Crippen molar-refractivity contribution >= 4 is 11.9 Å². The molecule has 0 rings (SSSR count). The van der Waals surface area contributed by atoms with Crippen molar-refractivity contribution in [3.05, 3.63) is 0 Å². The Hall–Kier alpha value is -1.06. The summed E-state index contributed by atoms with van der Waals surface area (Å²) in [4.78, 5) is 20.4. The van der Waals surface area contributed by atoms with Crippen molar-refractivity contribution in [2.24, 2.45) is 5.73 Å². The van der Waals surface area contributed by atoms with Crippen molar-refractivity contribution in [3.8, 4) is 0 Å². The lowest BCUT2D eigenvalue weighted by molar-refractivity contribution is -0.146. The monoisotopic (exact) mass is 217 g/mol. The molecular weight excluding hydrogens is 194 g/mol. The second-order valence-corrected chi connectivity index (χ2v) is 3.46. The van der Waals surface area contributed by atoms with Gasteiger partial charge in [0.1, 0.15) is 0 Å². The summed E-state index contributed by atoms with van der Waals surface area (Å²) in [6.07, 6.45) is 3.01. The molecular formula is C11H23NO3. The van der Waals surface area contributed by atoms with Crippen LogP contribution >= 0.6 is 0 Å². The standard InChI is InChI=1S/C6H12O2.C5H11NO/c1-4-6(7)8-5(2)3;1-2-3-4-5(6)7/h5H,4H2,1-3H3;2-4H2,1H3,(H2,6,7). The Morgan fingerprint density at radius 1 is 1.27 bits per heavy atom. The average Bonchev–Trinajstić information content (AvgIpc) is 2.14. The molecule has 4 nitrogen and oxygen atoms in total. The van der Waals surface area contributed by atoms with E-state index in [1.165, 1.54) is 0 Å². The summed E-state index contributed by atoms with van der Waals surface area (Å²) < 4.78 is 4.76. The minimum atomic E-state index is -0.193. The molecule has 0 aromatic carbocycles. The molecule has 0 saturated carbocycles. The number of carbonyl (C=O) groups excluding carboxylic acids is 2. The van der Waals surface area contributed by atoms with Gasteiger partial charge in [0, 0.05) is 12.8 Å². The van der Waals surface area contributed by atoms with E-state index in [-0.39, 0.29) is 18.0 Å². The fourth-order valence-corrected chi connectivity index (χ4v) is 0.697. The lowest BCUT2D eigenvalue weighted by Crippen LogP contribution is -2.09.